The predicted octanol–water partition coefficient (Wildman–Crippen LogP) is 1.89. The van der Waals surface area contributed by atoms with Gasteiger partial charge >= 0.3 is 0 Å². The number of likely N-dealkylation sites (tertiary alicyclic amines) is 1. The molecule has 0 saturated carbocycles. The minimum atomic E-state index is -0.596. The lowest BCUT2D eigenvalue weighted by Crippen LogP contribution is -2.40. The summed E-state index contributed by atoms with van der Waals surface area (Å²) in [5, 5.41) is 2.88. The number of carbonyl (C=O) groups is 2. The summed E-state index contributed by atoms with van der Waals surface area (Å²) in [5.74, 6) is -0.468. The number of hydrogen-bond acceptors (Lipinski definition) is 4. The fraction of sp³-hybridized carbons (Fsp3) is 0.364. The molecular formula is C22H28N4O2. The van der Waals surface area contributed by atoms with E-state index in [1.165, 1.54) is 0 Å². The number of primary amides is 1. The molecule has 0 bridgehead atoms. The van der Waals surface area contributed by atoms with E-state index in [9.17, 15) is 9.59 Å². The number of hydrogen-bond donors (Lipinski definition) is 3. The van der Waals surface area contributed by atoms with Crippen molar-refractivity contribution in [2.75, 3.05) is 18.4 Å². The maximum Gasteiger partial charge on any atom is 0.241 e. The molecule has 1 saturated heterocycles. The summed E-state index contributed by atoms with van der Waals surface area (Å²) in [6, 6.07) is 16.9. The molecule has 2 atom stereocenters. The van der Waals surface area contributed by atoms with E-state index in [2.05, 4.69) is 10.2 Å². The van der Waals surface area contributed by atoms with E-state index in [1.54, 1.807) is 0 Å². The summed E-state index contributed by atoms with van der Waals surface area (Å²) in [6.45, 7) is 2.45. The monoisotopic (exact) mass is 380 g/mol. The van der Waals surface area contributed by atoms with Crippen LogP contribution in [0.5, 0.6) is 0 Å². The molecule has 1 heterocycles. The zero-order valence-corrected chi connectivity index (χ0v) is 16.0. The number of nitrogens with one attached hydrogen (secondary N) is 1. The molecule has 5 N–H and O–H groups in total. The largest absolute Gasteiger partial charge is 0.369 e. The topological polar surface area (TPSA) is 101 Å². The smallest absolute Gasteiger partial charge is 0.241 e. The van der Waals surface area contributed by atoms with Crippen molar-refractivity contribution in [3.63, 3.8) is 0 Å². The van der Waals surface area contributed by atoms with E-state index >= 15 is 0 Å². The van der Waals surface area contributed by atoms with E-state index in [-0.39, 0.29) is 17.7 Å². The highest BCUT2D eigenvalue weighted by atomic mass is 16.2. The molecular weight excluding hydrogens is 352 g/mol. The van der Waals surface area contributed by atoms with E-state index in [4.69, 9.17) is 11.5 Å². The van der Waals surface area contributed by atoms with Crippen LogP contribution in [-0.4, -0.2) is 35.8 Å². The number of piperidine rings is 1. The Morgan fingerprint density at radius 2 is 1.79 bits per heavy atom. The summed E-state index contributed by atoms with van der Waals surface area (Å²) in [7, 11) is 0. The van der Waals surface area contributed by atoms with Gasteiger partial charge in [0.15, 0.2) is 0 Å². The summed E-state index contributed by atoms with van der Waals surface area (Å²) < 4.78 is 0. The molecule has 6 nitrogen and oxygen atoms in total. The van der Waals surface area contributed by atoms with Gasteiger partial charge in [-0.2, -0.15) is 0 Å². The van der Waals surface area contributed by atoms with Crippen LogP contribution < -0.4 is 16.8 Å². The fourth-order valence-corrected chi connectivity index (χ4v) is 3.58. The van der Waals surface area contributed by atoms with Gasteiger partial charge in [0, 0.05) is 18.8 Å². The Bertz CT molecular complexity index is 792. The fourth-order valence-electron chi connectivity index (χ4n) is 3.58. The molecule has 0 radical (unpaired) electrons. The lowest BCUT2D eigenvalue weighted by molar-refractivity contribution is -0.123. The lowest BCUT2D eigenvalue weighted by atomic mass is 9.97. The van der Waals surface area contributed by atoms with E-state index < -0.39 is 6.04 Å². The molecule has 2 aromatic carbocycles. The SMILES string of the molecule is NC(=O)C1CCCN(Cc2ccc(NC(=O)C(N)Cc3ccccc3)cc2)C1. The third-order valence-corrected chi connectivity index (χ3v) is 5.17. The van der Waals surface area contributed by atoms with Gasteiger partial charge in [-0.25, -0.2) is 0 Å². The number of nitrogens with zero attached hydrogens (tertiary/aromatic N) is 1. The van der Waals surface area contributed by atoms with Crippen LogP contribution in [0.2, 0.25) is 0 Å². The van der Waals surface area contributed by atoms with Crippen molar-refractivity contribution in [1.82, 2.24) is 4.90 Å². The van der Waals surface area contributed by atoms with Gasteiger partial charge in [0.2, 0.25) is 11.8 Å². The Morgan fingerprint density at radius 3 is 2.46 bits per heavy atom. The van der Waals surface area contributed by atoms with E-state index in [1.807, 2.05) is 54.6 Å². The number of carbonyl (C=O) groups excluding carboxylic acids is 2. The van der Waals surface area contributed by atoms with Crippen LogP contribution >= 0.6 is 0 Å². The number of anilines is 1. The third-order valence-electron chi connectivity index (χ3n) is 5.17. The summed E-state index contributed by atoms with van der Waals surface area (Å²) >= 11 is 0. The molecule has 28 heavy (non-hydrogen) atoms. The number of nitrogens with two attached hydrogens (primary N) is 2. The second-order valence-corrected chi connectivity index (χ2v) is 7.46. The molecule has 2 aromatic rings. The minimum absolute atomic E-state index is 0.0570. The van der Waals surface area contributed by atoms with Crippen LogP contribution in [0.1, 0.15) is 24.0 Å². The molecule has 0 aliphatic carbocycles. The first-order chi connectivity index (χ1) is 13.5. The molecule has 0 spiro atoms. The Kier molecular flexibility index (Phi) is 6.79. The highest BCUT2D eigenvalue weighted by Crippen LogP contribution is 2.19. The second-order valence-electron chi connectivity index (χ2n) is 7.46. The average Bonchev–Trinajstić information content (AvgIpc) is 2.70. The van der Waals surface area contributed by atoms with Gasteiger partial charge in [0.05, 0.1) is 12.0 Å². The van der Waals surface area contributed by atoms with Crippen LogP contribution in [0.4, 0.5) is 5.69 Å². The van der Waals surface area contributed by atoms with Gasteiger partial charge in [-0.3, -0.25) is 14.5 Å². The van der Waals surface area contributed by atoms with Crippen LogP contribution in [0, 0.1) is 5.92 Å². The van der Waals surface area contributed by atoms with Crippen LogP contribution in [-0.2, 0) is 22.6 Å². The first kappa shape index (κ1) is 20.0. The van der Waals surface area contributed by atoms with Crippen molar-refractivity contribution < 1.29 is 9.59 Å². The number of rotatable bonds is 7. The third kappa shape index (κ3) is 5.65. The molecule has 1 aliphatic rings. The lowest BCUT2D eigenvalue weighted by Gasteiger charge is -2.31. The zero-order chi connectivity index (χ0) is 19.9. The molecule has 6 heteroatoms. The minimum Gasteiger partial charge on any atom is -0.369 e. The molecule has 0 aromatic heterocycles. The normalized spacial score (nSPS) is 18.4. The number of amides is 2. The van der Waals surface area contributed by atoms with Crippen LogP contribution in [0.3, 0.4) is 0 Å². The van der Waals surface area contributed by atoms with Gasteiger partial charge < -0.3 is 16.8 Å². The summed E-state index contributed by atoms with van der Waals surface area (Å²) in [6.07, 6.45) is 2.36. The zero-order valence-electron chi connectivity index (χ0n) is 16.0. The quantitative estimate of drug-likeness (QED) is 0.683. The molecule has 3 rings (SSSR count). The van der Waals surface area contributed by atoms with Crippen LogP contribution in [0.25, 0.3) is 0 Å². The molecule has 1 aliphatic heterocycles. The van der Waals surface area contributed by atoms with Gasteiger partial charge in [-0.1, -0.05) is 42.5 Å². The molecule has 2 amide bonds. The van der Waals surface area contributed by atoms with E-state index in [0.717, 1.165) is 42.7 Å². The summed E-state index contributed by atoms with van der Waals surface area (Å²) in [4.78, 5) is 26.0. The Balaban J connectivity index is 1.51. The van der Waals surface area contributed by atoms with Crippen molar-refractivity contribution in [1.29, 1.82) is 0 Å². The first-order valence-electron chi connectivity index (χ1n) is 9.72. The highest BCUT2D eigenvalue weighted by Gasteiger charge is 2.23. The van der Waals surface area contributed by atoms with Crippen molar-refractivity contribution in [3.05, 3.63) is 65.7 Å². The number of benzene rings is 2. The standard InChI is InChI=1S/C22H28N4O2/c23-20(13-16-5-2-1-3-6-16)22(28)25-19-10-8-17(9-11-19)14-26-12-4-7-18(15-26)21(24)27/h1-3,5-6,8-11,18,20H,4,7,12-15,23H2,(H2,24,27)(H,25,28). The Labute approximate surface area is 165 Å². The maximum atomic E-state index is 12.3. The Morgan fingerprint density at radius 1 is 1.07 bits per heavy atom. The van der Waals surface area contributed by atoms with Gasteiger partial charge in [-0.15, -0.1) is 0 Å². The predicted molar refractivity (Wildman–Crippen MR) is 110 cm³/mol. The average molecular weight is 380 g/mol. The van der Waals surface area contributed by atoms with Gasteiger partial charge in [0.25, 0.3) is 0 Å². The van der Waals surface area contributed by atoms with Crippen LogP contribution in [0.15, 0.2) is 54.6 Å². The van der Waals surface area contributed by atoms with Crippen molar-refractivity contribution in [2.45, 2.75) is 31.8 Å². The molecule has 2 unspecified atom stereocenters. The van der Waals surface area contributed by atoms with Crippen molar-refractivity contribution in [3.8, 4) is 0 Å². The molecule has 1 fully saturated rings. The van der Waals surface area contributed by atoms with Crippen molar-refractivity contribution in [2.24, 2.45) is 17.4 Å². The Hall–Kier alpha value is -2.70. The van der Waals surface area contributed by atoms with E-state index in [0.29, 0.717) is 13.0 Å². The van der Waals surface area contributed by atoms with Crippen molar-refractivity contribution >= 4 is 17.5 Å². The van der Waals surface area contributed by atoms with Gasteiger partial charge in [-0.05, 0) is 49.1 Å². The van der Waals surface area contributed by atoms with Gasteiger partial charge in [0.1, 0.15) is 0 Å². The summed E-state index contributed by atoms with van der Waals surface area (Å²) in [5.41, 5.74) is 14.4. The molecule has 148 valence electrons. The first-order valence-corrected chi connectivity index (χ1v) is 9.72. The second kappa shape index (κ2) is 9.48. The maximum absolute atomic E-state index is 12.3. The highest BCUT2D eigenvalue weighted by molar-refractivity contribution is 5.94.